The lowest BCUT2D eigenvalue weighted by Gasteiger charge is -2.40. The summed E-state index contributed by atoms with van der Waals surface area (Å²) in [6, 6.07) is 4.01. The van der Waals surface area contributed by atoms with Crippen molar-refractivity contribution < 1.29 is 9.90 Å². The number of likely N-dealkylation sites (N-methyl/N-ethyl adjacent to an activating group) is 1. The Bertz CT molecular complexity index is 402. The molecule has 1 N–H and O–H groups in total. The predicted molar refractivity (Wildman–Crippen MR) is 69.4 cm³/mol. The van der Waals surface area contributed by atoms with Gasteiger partial charge in [0.15, 0.2) is 0 Å². The van der Waals surface area contributed by atoms with E-state index in [-0.39, 0.29) is 0 Å². The lowest BCUT2D eigenvalue weighted by Crippen LogP contribution is -2.47. The van der Waals surface area contributed by atoms with Crippen molar-refractivity contribution in [2.24, 2.45) is 5.41 Å². The smallest absolute Gasteiger partial charge is 0.310 e. The molecular formula is C14H20N2O2. The summed E-state index contributed by atoms with van der Waals surface area (Å²) in [6.45, 7) is 1.55. The molecule has 1 heterocycles. The number of pyridine rings is 1. The maximum atomic E-state index is 11.3. The first-order valence-electron chi connectivity index (χ1n) is 6.43. The molecule has 0 bridgehead atoms. The number of rotatable bonds is 6. The standard InChI is InChI=1S/C14H20N2O2/c1-16(10-5-12-3-8-15-9-4-12)11-14(13(17)18)6-2-7-14/h3-4,8-9H,2,5-7,10-11H2,1H3,(H,17,18). The number of carboxylic acid groups (broad SMARTS) is 1. The number of aliphatic carboxylic acids is 1. The van der Waals surface area contributed by atoms with E-state index in [4.69, 9.17) is 0 Å². The van der Waals surface area contributed by atoms with Gasteiger partial charge in [-0.05, 0) is 44.0 Å². The lowest BCUT2D eigenvalue weighted by atomic mass is 9.68. The average Bonchev–Trinajstić information content (AvgIpc) is 2.32. The SMILES string of the molecule is CN(CCc1ccncc1)CC1(C(=O)O)CCC1. The molecule has 18 heavy (non-hydrogen) atoms. The summed E-state index contributed by atoms with van der Waals surface area (Å²) in [5.74, 6) is -0.635. The van der Waals surface area contributed by atoms with Gasteiger partial charge in [0.25, 0.3) is 0 Å². The molecule has 0 amide bonds. The Balaban J connectivity index is 1.82. The van der Waals surface area contributed by atoms with Gasteiger partial charge in [0.2, 0.25) is 0 Å². The van der Waals surface area contributed by atoms with E-state index < -0.39 is 11.4 Å². The Kier molecular flexibility index (Phi) is 3.97. The van der Waals surface area contributed by atoms with Crippen molar-refractivity contribution in [1.29, 1.82) is 0 Å². The monoisotopic (exact) mass is 248 g/mol. The van der Waals surface area contributed by atoms with Gasteiger partial charge in [-0.2, -0.15) is 0 Å². The first-order valence-corrected chi connectivity index (χ1v) is 6.43. The molecule has 0 radical (unpaired) electrons. The summed E-state index contributed by atoms with van der Waals surface area (Å²) in [6.07, 6.45) is 7.21. The molecule has 0 atom stereocenters. The van der Waals surface area contributed by atoms with Crippen LogP contribution in [0.2, 0.25) is 0 Å². The number of aromatic nitrogens is 1. The minimum atomic E-state index is -0.635. The third kappa shape index (κ3) is 2.88. The fraction of sp³-hybridized carbons (Fsp3) is 0.571. The van der Waals surface area contributed by atoms with Gasteiger partial charge in [-0.3, -0.25) is 9.78 Å². The van der Waals surface area contributed by atoms with Crippen LogP contribution in [0.5, 0.6) is 0 Å². The van der Waals surface area contributed by atoms with Gasteiger partial charge in [0.1, 0.15) is 0 Å². The molecule has 1 fully saturated rings. The molecule has 1 aromatic heterocycles. The van der Waals surface area contributed by atoms with Crippen LogP contribution in [0.15, 0.2) is 24.5 Å². The minimum Gasteiger partial charge on any atom is -0.481 e. The molecule has 2 rings (SSSR count). The van der Waals surface area contributed by atoms with Crippen LogP contribution in [-0.4, -0.2) is 41.1 Å². The minimum absolute atomic E-state index is 0.479. The summed E-state index contributed by atoms with van der Waals surface area (Å²) in [5.41, 5.74) is 0.766. The molecule has 1 aliphatic carbocycles. The molecule has 1 aliphatic rings. The third-order valence-electron chi connectivity index (χ3n) is 3.87. The van der Waals surface area contributed by atoms with Gasteiger partial charge >= 0.3 is 5.97 Å². The number of hydrogen-bond donors (Lipinski definition) is 1. The molecule has 98 valence electrons. The largest absolute Gasteiger partial charge is 0.481 e. The first-order chi connectivity index (χ1) is 8.62. The maximum Gasteiger partial charge on any atom is 0.310 e. The molecule has 0 aromatic carbocycles. The topological polar surface area (TPSA) is 53.4 Å². The van der Waals surface area contributed by atoms with Crippen LogP contribution in [-0.2, 0) is 11.2 Å². The van der Waals surface area contributed by atoms with Gasteiger partial charge in [-0.25, -0.2) is 0 Å². The molecule has 1 aromatic rings. The van der Waals surface area contributed by atoms with Crippen molar-refractivity contribution in [1.82, 2.24) is 9.88 Å². The third-order valence-corrected chi connectivity index (χ3v) is 3.87. The Morgan fingerprint density at radius 2 is 2.11 bits per heavy atom. The van der Waals surface area contributed by atoms with Crippen molar-refractivity contribution in [3.8, 4) is 0 Å². The zero-order valence-corrected chi connectivity index (χ0v) is 10.8. The highest BCUT2D eigenvalue weighted by molar-refractivity contribution is 5.76. The molecule has 0 unspecified atom stereocenters. The van der Waals surface area contributed by atoms with Crippen molar-refractivity contribution in [3.63, 3.8) is 0 Å². The highest BCUT2D eigenvalue weighted by atomic mass is 16.4. The second-order valence-electron chi connectivity index (χ2n) is 5.28. The molecule has 0 spiro atoms. The van der Waals surface area contributed by atoms with Gasteiger partial charge in [-0.15, -0.1) is 0 Å². The number of carbonyl (C=O) groups is 1. The zero-order valence-electron chi connectivity index (χ0n) is 10.8. The zero-order chi connectivity index (χ0) is 13.0. The van der Waals surface area contributed by atoms with Gasteiger partial charge in [-0.1, -0.05) is 6.42 Å². The quantitative estimate of drug-likeness (QED) is 0.834. The Morgan fingerprint density at radius 1 is 1.44 bits per heavy atom. The van der Waals surface area contributed by atoms with Crippen LogP contribution in [0.3, 0.4) is 0 Å². The molecule has 4 nitrogen and oxygen atoms in total. The van der Waals surface area contributed by atoms with E-state index in [1.54, 1.807) is 12.4 Å². The van der Waals surface area contributed by atoms with Gasteiger partial charge in [0, 0.05) is 25.5 Å². The van der Waals surface area contributed by atoms with Crippen LogP contribution < -0.4 is 0 Å². The van der Waals surface area contributed by atoms with E-state index in [1.165, 1.54) is 5.56 Å². The van der Waals surface area contributed by atoms with Crippen LogP contribution in [0, 0.1) is 5.41 Å². The van der Waals surface area contributed by atoms with Gasteiger partial charge < -0.3 is 10.0 Å². The number of hydrogen-bond acceptors (Lipinski definition) is 3. The fourth-order valence-corrected chi connectivity index (χ4v) is 2.51. The van der Waals surface area contributed by atoms with E-state index >= 15 is 0 Å². The van der Waals surface area contributed by atoms with Crippen LogP contribution in [0.25, 0.3) is 0 Å². The summed E-state index contributed by atoms with van der Waals surface area (Å²) in [7, 11) is 2.00. The van der Waals surface area contributed by atoms with E-state index in [0.717, 1.165) is 32.2 Å². The highest BCUT2D eigenvalue weighted by Gasteiger charge is 2.44. The van der Waals surface area contributed by atoms with E-state index in [2.05, 4.69) is 9.88 Å². The van der Waals surface area contributed by atoms with Crippen molar-refractivity contribution in [2.75, 3.05) is 20.1 Å². The molecule has 0 saturated heterocycles. The molecule has 4 heteroatoms. The summed E-state index contributed by atoms with van der Waals surface area (Å²) >= 11 is 0. The fourth-order valence-electron chi connectivity index (χ4n) is 2.51. The Hall–Kier alpha value is -1.42. The average molecular weight is 248 g/mol. The second-order valence-corrected chi connectivity index (χ2v) is 5.28. The summed E-state index contributed by atoms with van der Waals surface area (Å²) in [4.78, 5) is 17.4. The predicted octanol–water partition coefficient (Wildman–Crippen LogP) is 1.81. The van der Waals surface area contributed by atoms with Crippen LogP contribution in [0.1, 0.15) is 24.8 Å². The van der Waals surface area contributed by atoms with Crippen LogP contribution >= 0.6 is 0 Å². The highest BCUT2D eigenvalue weighted by Crippen LogP contribution is 2.41. The van der Waals surface area contributed by atoms with Crippen molar-refractivity contribution in [3.05, 3.63) is 30.1 Å². The molecule has 0 aliphatic heterocycles. The normalized spacial score (nSPS) is 17.4. The van der Waals surface area contributed by atoms with E-state index in [9.17, 15) is 9.90 Å². The Morgan fingerprint density at radius 3 is 2.61 bits per heavy atom. The van der Waals surface area contributed by atoms with E-state index in [0.29, 0.717) is 6.54 Å². The van der Waals surface area contributed by atoms with Crippen molar-refractivity contribution in [2.45, 2.75) is 25.7 Å². The lowest BCUT2D eigenvalue weighted by molar-refractivity contribution is -0.156. The molecular weight excluding hydrogens is 228 g/mol. The first kappa shape index (κ1) is 13.0. The Labute approximate surface area is 108 Å². The van der Waals surface area contributed by atoms with Crippen molar-refractivity contribution >= 4 is 5.97 Å². The number of nitrogens with zero attached hydrogens (tertiary/aromatic N) is 2. The molecule has 1 saturated carbocycles. The maximum absolute atomic E-state index is 11.3. The number of carboxylic acids is 1. The summed E-state index contributed by atoms with van der Waals surface area (Å²) < 4.78 is 0. The van der Waals surface area contributed by atoms with Crippen LogP contribution in [0.4, 0.5) is 0 Å². The second kappa shape index (κ2) is 5.48. The summed E-state index contributed by atoms with van der Waals surface area (Å²) in [5, 5.41) is 9.28. The van der Waals surface area contributed by atoms with E-state index in [1.807, 2.05) is 19.2 Å². The van der Waals surface area contributed by atoms with Gasteiger partial charge in [0.05, 0.1) is 5.41 Å².